The second-order valence-corrected chi connectivity index (χ2v) is 7.75. The van der Waals surface area contributed by atoms with Gasteiger partial charge in [0.15, 0.2) is 0 Å². The zero-order valence-electron chi connectivity index (χ0n) is 15.0. The molecule has 3 rings (SSSR count). The molecule has 0 N–H and O–H groups in total. The average Bonchev–Trinajstić information content (AvgIpc) is 2.62. The van der Waals surface area contributed by atoms with Gasteiger partial charge in [0, 0.05) is 16.3 Å². The monoisotopic (exact) mass is 379 g/mol. The largest absolute Gasteiger partial charge is 0.416 e. The summed E-state index contributed by atoms with van der Waals surface area (Å²) in [6.07, 6.45) is 2.66. The van der Waals surface area contributed by atoms with E-state index in [1.165, 1.54) is 37.8 Å². The van der Waals surface area contributed by atoms with Crippen molar-refractivity contribution in [1.82, 2.24) is 0 Å². The fourth-order valence-corrected chi connectivity index (χ4v) is 4.37. The second kappa shape index (κ2) is 8.38. The number of rotatable bonds is 7. The molecule has 0 aromatic heterocycles. The minimum Gasteiger partial charge on any atom is -0.340 e. The van der Waals surface area contributed by atoms with Crippen molar-refractivity contribution in [3.8, 4) is 0 Å². The molecule has 0 unspecified atom stereocenters. The maximum Gasteiger partial charge on any atom is 0.416 e. The molecule has 1 aliphatic rings. The summed E-state index contributed by atoms with van der Waals surface area (Å²) in [4.78, 5) is 4.06. The van der Waals surface area contributed by atoms with Gasteiger partial charge in [0.25, 0.3) is 0 Å². The number of alkyl halides is 3. The highest BCUT2D eigenvalue weighted by atomic mass is 32.2. The van der Waals surface area contributed by atoms with Gasteiger partial charge in [0.05, 0.1) is 16.9 Å². The van der Waals surface area contributed by atoms with E-state index in [0.717, 1.165) is 34.9 Å². The van der Waals surface area contributed by atoms with Gasteiger partial charge in [0.2, 0.25) is 0 Å². The first-order valence-corrected chi connectivity index (χ1v) is 10.1. The van der Waals surface area contributed by atoms with E-state index in [2.05, 4.69) is 11.8 Å². The third kappa shape index (κ3) is 4.37. The Morgan fingerprint density at radius 3 is 2.31 bits per heavy atom. The van der Waals surface area contributed by atoms with Crippen LogP contribution in [0.3, 0.4) is 0 Å². The summed E-state index contributed by atoms with van der Waals surface area (Å²) >= 11 is 1.55. The van der Waals surface area contributed by atoms with Gasteiger partial charge in [0.1, 0.15) is 0 Å². The fourth-order valence-electron chi connectivity index (χ4n) is 3.30. The van der Waals surface area contributed by atoms with Crippen LogP contribution in [0.1, 0.15) is 51.0 Å². The lowest BCUT2D eigenvalue weighted by atomic mass is 10.1. The average molecular weight is 379 g/mol. The van der Waals surface area contributed by atoms with Crippen molar-refractivity contribution in [1.29, 1.82) is 0 Å². The van der Waals surface area contributed by atoms with Gasteiger partial charge in [-0.15, -0.1) is 0 Å². The third-order valence-electron chi connectivity index (χ3n) is 4.69. The van der Waals surface area contributed by atoms with Crippen LogP contribution in [0.5, 0.6) is 0 Å². The minimum absolute atomic E-state index is 0.579. The molecule has 0 saturated heterocycles. The molecule has 1 nitrogen and oxygen atoms in total. The van der Waals surface area contributed by atoms with Crippen LogP contribution in [-0.4, -0.2) is 6.54 Å². The Morgan fingerprint density at radius 1 is 0.846 bits per heavy atom. The lowest BCUT2D eigenvalue weighted by Gasteiger charge is -2.33. The summed E-state index contributed by atoms with van der Waals surface area (Å²) in [5.74, 6) is 0. The SMILES string of the molecule is CCCCCCCCN1c2ccccc2Sc2ccc(C(F)(F)F)cc21. The summed E-state index contributed by atoms with van der Waals surface area (Å²) in [7, 11) is 0. The van der Waals surface area contributed by atoms with Crippen molar-refractivity contribution in [2.75, 3.05) is 11.4 Å². The molecule has 0 bridgehead atoms. The van der Waals surface area contributed by atoms with E-state index < -0.39 is 11.7 Å². The number of anilines is 2. The molecular weight excluding hydrogens is 355 g/mol. The van der Waals surface area contributed by atoms with Crippen LogP contribution in [0.25, 0.3) is 0 Å². The maximum absolute atomic E-state index is 13.2. The molecule has 0 amide bonds. The molecule has 2 aromatic carbocycles. The predicted octanol–water partition coefficient (Wildman–Crippen LogP) is 7.67. The standard InChI is InChI=1S/C21H24F3NS/c1-2-3-4-5-6-9-14-25-17-10-7-8-11-19(17)26-20-13-12-16(15-18(20)25)21(22,23)24/h7-8,10-13,15H,2-6,9,14H2,1H3. The number of halogens is 3. The number of benzene rings is 2. The van der Waals surface area contributed by atoms with Crippen LogP contribution in [0.4, 0.5) is 24.5 Å². The maximum atomic E-state index is 13.2. The molecule has 0 saturated carbocycles. The number of para-hydroxylation sites is 1. The Balaban J connectivity index is 1.82. The quantitative estimate of drug-likeness (QED) is 0.454. The summed E-state index contributed by atoms with van der Waals surface area (Å²) < 4.78 is 39.5. The van der Waals surface area contributed by atoms with Crippen molar-refractivity contribution in [2.24, 2.45) is 0 Å². The number of hydrogen-bond acceptors (Lipinski definition) is 2. The molecule has 0 spiro atoms. The van der Waals surface area contributed by atoms with Gasteiger partial charge in [-0.25, -0.2) is 0 Å². The normalized spacial score (nSPS) is 13.5. The van der Waals surface area contributed by atoms with Crippen LogP contribution in [0, 0.1) is 0 Å². The number of fused-ring (bicyclic) bond motifs is 2. The van der Waals surface area contributed by atoms with Crippen LogP contribution < -0.4 is 4.90 Å². The third-order valence-corrected chi connectivity index (χ3v) is 5.82. The highest BCUT2D eigenvalue weighted by Crippen LogP contribution is 2.49. The molecule has 2 aromatic rings. The molecule has 1 heterocycles. The first kappa shape index (κ1) is 19.2. The highest BCUT2D eigenvalue weighted by Gasteiger charge is 2.33. The molecule has 26 heavy (non-hydrogen) atoms. The van der Waals surface area contributed by atoms with Crippen molar-refractivity contribution in [3.05, 3.63) is 48.0 Å². The van der Waals surface area contributed by atoms with Gasteiger partial charge >= 0.3 is 6.18 Å². The lowest BCUT2D eigenvalue weighted by Crippen LogP contribution is -2.22. The van der Waals surface area contributed by atoms with Crippen molar-refractivity contribution in [2.45, 2.75) is 61.4 Å². The zero-order chi connectivity index (χ0) is 18.6. The van der Waals surface area contributed by atoms with E-state index in [0.29, 0.717) is 5.69 Å². The van der Waals surface area contributed by atoms with E-state index >= 15 is 0 Å². The topological polar surface area (TPSA) is 3.24 Å². The smallest absolute Gasteiger partial charge is 0.340 e. The molecule has 5 heteroatoms. The van der Waals surface area contributed by atoms with Gasteiger partial charge in [-0.05, 0) is 36.8 Å². The van der Waals surface area contributed by atoms with Crippen molar-refractivity contribution < 1.29 is 13.2 Å². The van der Waals surface area contributed by atoms with Crippen LogP contribution in [0.15, 0.2) is 52.3 Å². The van der Waals surface area contributed by atoms with Crippen molar-refractivity contribution in [3.63, 3.8) is 0 Å². The Labute approximate surface area is 157 Å². The Morgan fingerprint density at radius 2 is 1.54 bits per heavy atom. The summed E-state index contributed by atoms with van der Waals surface area (Å²) in [6, 6.07) is 12.1. The van der Waals surface area contributed by atoms with Crippen LogP contribution in [-0.2, 0) is 6.18 Å². The van der Waals surface area contributed by atoms with Crippen LogP contribution in [0.2, 0.25) is 0 Å². The van der Waals surface area contributed by atoms with E-state index in [1.807, 2.05) is 24.3 Å². The van der Waals surface area contributed by atoms with E-state index in [-0.39, 0.29) is 0 Å². The van der Waals surface area contributed by atoms with Gasteiger partial charge < -0.3 is 4.90 Å². The van der Waals surface area contributed by atoms with E-state index in [4.69, 9.17) is 0 Å². The number of unbranched alkanes of at least 4 members (excludes halogenated alkanes) is 5. The summed E-state index contributed by atoms with van der Waals surface area (Å²) in [6.45, 7) is 2.94. The number of hydrogen-bond donors (Lipinski definition) is 0. The minimum atomic E-state index is -4.32. The Kier molecular flexibility index (Phi) is 6.17. The predicted molar refractivity (Wildman–Crippen MR) is 102 cm³/mol. The van der Waals surface area contributed by atoms with Crippen LogP contribution >= 0.6 is 11.8 Å². The molecule has 0 aliphatic carbocycles. The molecule has 0 fully saturated rings. The van der Waals surface area contributed by atoms with E-state index in [1.54, 1.807) is 17.8 Å². The first-order valence-electron chi connectivity index (χ1n) is 9.26. The van der Waals surface area contributed by atoms with Crippen molar-refractivity contribution >= 4 is 23.1 Å². The van der Waals surface area contributed by atoms with Gasteiger partial charge in [-0.3, -0.25) is 0 Å². The lowest BCUT2D eigenvalue weighted by molar-refractivity contribution is -0.137. The molecule has 1 aliphatic heterocycles. The molecule has 0 radical (unpaired) electrons. The van der Waals surface area contributed by atoms with Gasteiger partial charge in [-0.2, -0.15) is 13.2 Å². The molecule has 0 atom stereocenters. The number of nitrogens with zero attached hydrogens (tertiary/aromatic N) is 1. The zero-order valence-corrected chi connectivity index (χ0v) is 15.8. The Bertz CT molecular complexity index is 742. The summed E-state index contributed by atoms with van der Waals surface area (Å²) in [5.41, 5.74) is 1.11. The molecule has 140 valence electrons. The Hall–Kier alpha value is -1.62. The highest BCUT2D eigenvalue weighted by molar-refractivity contribution is 7.99. The molecular formula is C21H24F3NS. The van der Waals surface area contributed by atoms with E-state index in [9.17, 15) is 13.2 Å². The first-order chi connectivity index (χ1) is 12.5. The van der Waals surface area contributed by atoms with Gasteiger partial charge in [-0.1, -0.05) is 62.9 Å². The second-order valence-electron chi connectivity index (χ2n) is 6.67. The fraction of sp³-hybridized carbons (Fsp3) is 0.429. The summed E-state index contributed by atoms with van der Waals surface area (Å²) in [5, 5.41) is 0.